The second kappa shape index (κ2) is 17.1. The van der Waals surface area contributed by atoms with Crippen molar-refractivity contribution in [3.63, 3.8) is 0 Å². The minimum Gasteiger partial charge on any atom is -0.467 e. The first-order valence-electron chi connectivity index (χ1n) is 17.8. The average Bonchev–Trinajstić information content (AvgIpc) is 3.92. The average molecular weight is 789 g/mol. The third-order valence-electron chi connectivity index (χ3n) is 9.63. The highest BCUT2D eigenvalue weighted by Crippen LogP contribution is 2.48. The van der Waals surface area contributed by atoms with Gasteiger partial charge in [0, 0.05) is 28.9 Å². The zero-order chi connectivity index (χ0) is 40.0. The fourth-order valence-electron chi connectivity index (χ4n) is 6.31. The minimum atomic E-state index is -4.64. The Hall–Kier alpha value is -5.19. The van der Waals surface area contributed by atoms with Crippen LogP contribution in [0.1, 0.15) is 75.2 Å². The first-order chi connectivity index (χ1) is 25.9. The van der Waals surface area contributed by atoms with Gasteiger partial charge in [-0.25, -0.2) is 4.79 Å². The van der Waals surface area contributed by atoms with Crippen LogP contribution in [0.4, 0.5) is 30.8 Å². The van der Waals surface area contributed by atoms with Crippen LogP contribution in [0.5, 0.6) is 6.01 Å². The fraction of sp³-hybridized carbons (Fsp3) is 0.486. The van der Waals surface area contributed by atoms with Gasteiger partial charge in [-0.3, -0.25) is 14.4 Å². The van der Waals surface area contributed by atoms with Gasteiger partial charge in [-0.05, 0) is 91.8 Å². The summed E-state index contributed by atoms with van der Waals surface area (Å²) in [5, 5.41) is 14.3. The van der Waals surface area contributed by atoms with Gasteiger partial charge >= 0.3 is 30.0 Å². The number of methoxy groups -OCH3 is 1. The Morgan fingerprint density at radius 2 is 1.53 bits per heavy atom. The number of rotatable bonds is 13. The Morgan fingerprint density at radius 1 is 0.891 bits per heavy atom. The molecule has 3 amide bonds. The lowest BCUT2D eigenvalue weighted by atomic mass is 9.71. The van der Waals surface area contributed by atoms with E-state index in [2.05, 4.69) is 62.3 Å². The largest absolute Gasteiger partial charge is 0.467 e. The molecule has 0 unspecified atom stereocenters. The Morgan fingerprint density at radius 3 is 2.11 bits per heavy atom. The van der Waals surface area contributed by atoms with E-state index in [4.69, 9.17) is 21.1 Å². The van der Waals surface area contributed by atoms with Crippen LogP contribution in [-0.4, -0.2) is 77.2 Å². The van der Waals surface area contributed by atoms with Crippen molar-refractivity contribution in [2.75, 3.05) is 30.9 Å². The molecule has 0 spiro atoms. The Kier molecular flexibility index (Phi) is 12.7. The number of alkyl halides is 3. The monoisotopic (exact) mass is 788 g/mol. The van der Waals surface area contributed by atoms with Gasteiger partial charge in [0.25, 0.3) is 5.91 Å². The zero-order valence-corrected chi connectivity index (χ0v) is 31.6. The fourth-order valence-corrected chi connectivity index (χ4v) is 6.44. The second-order valence-electron chi connectivity index (χ2n) is 14.7. The van der Waals surface area contributed by atoms with Crippen LogP contribution in [-0.2, 0) is 24.7 Å². The van der Waals surface area contributed by atoms with Crippen molar-refractivity contribution in [3.8, 4) is 6.01 Å². The van der Waals surface area contributed by atoms with E-state index in [1.807, 2.05) is 12.1 Å². The van der Waals surface area contributed by atoms with Crippen molar-refractivity contribution in [3.05, 3.63) is 64.7 Å². The number of carbonyl (C=O) groups is 4. The lowest BCUT2D eigenvalue weighted by Gasteiger charge is -2.37. The standard InChI is InChI=1S/C37H44ClF3N8O6/c1-35(2,3)22-9-15-25(16-10-22)43-30(52)29(51)42-19-27(31(53)54-4)45-28(50)21-5-13-26(14-6-21)44-32-46-33(48-34(47-32)55-20-37(39,40)41)49-36(17-18-36)23-7-11-24(38)12-8-23/h5-8,11-14,22,25,27H,9-10,15-20H2,1-4H3,(H,42,51)(H,43,52)(H,45,50)(H2,44,46,47,48,49)/t22?,25?,27-/m0/s1. The summed E-state index contributed by atoms with van der Waals surface area (Å²) in [7, 11) is 1.12. The molecule has 2 saturated carbocycles. The van der Waals surface area contributed by atoms with Crippen LogP contribution in [0.2, 0.25) is 5.02 Å². The molecule has 2 aliphatic carbocycles. The number of hydrogen-bond acceptors (Lipinski definition) is 11. The molecule has 14 nitrogen and oxygen atoms in total. The van der Waals surface area contributed by atoms with Gasteiger partial charge in [-0.2, -0.15) is 28.1 Å². The van der Waals surface area contributed by atoms with Crippen LogP contribution in [0.3, 0.4) is 0 Å². The van der Waals surface area contributed by atoms with Gasteiger partial charge in [0.15, 0.2) is 6.61 Å². The summed E-state index contributed by atoms with van der Waals surface area (Å²) in [6.07, 6.45) is 0.176. The molecule has 18 heteroatoms. The molecule has 0 aliphatic heterocycles. The third-order valence-corrected chi connectivity index (χ3v) is 9.88. The Labute approximate surface area is 321 Å². The molecule has 0 saturated heterocycles. The molecule has 5 N–H and O–H groups in total. The summed E-state index contributed by atoms with van der Waals surface area (Å²) in [5.41, 5.74) is 0.969. The molecule has 296 valence electrons. The molecule has 1 aromatic heterocycles. The summed E-state index contributed by atoms with van der Waals surface area (Å²) in [6, 6.07) is 10.9. The number of esters is 1. The van der Waals surface area contributed by atoms with Gasteiger partial charge in [0.2, 0.25) is 11.9 Å². The molecule has 2 aliphatic rings. The second-order valence-corrected chi connectivity index (χ2v) is 15.2. The van der Waals surface area contributed by atoms with Gasteiger partial charge in [-0.1, -0.05) is 44.5 Å². The molecule has 1 heterocycles. The van der Waals surface area contributed by atoms with Crippen LogP contribution >= 0.6 is 11.6 Å². The van der Waals surface area contributed by atoms with E-state index in [1.165, 1.54) is 24.3 Å². The van der Waals surface area contributed by atoms with Crippen molar-refractivity contribution >= 4 is 52.9 Å². The van der Waals surface area contributed by atoms with Crippen LogP contribution in [0, 0.1) is 11.3 Å². The van der Waals surface area contributed by atoms with Gasteiger partial charge in [0.05, 0.1) is 12.6 Å². The summed E-state index contributed by atoms with van der Waals surface area (Å²) < 4.78 is 48.5. The van der Waals surface area contributed by atoms with E-state index in [1.54, 1.807) is 12.1 Å². The normalized spacial score (nSPS) is 18.3. The maximum Gasteiger partial charge on any atom is 0.422 e. The third kappa shape index (κ3) is 11.7. The first kappa shape index (κ1) is 41.0. The van der Waals surface area contributed by atoms with Crippen molar-refractivity contribution in [2.24, 2.45) is 11.3 Å². The SMILES string of the molecule is COC(=O)[C@H](CNC(=O)C(=O)NC1CCC(C(C)(C)C)CC1)NC(=O)c1ccc(Nc2nc(NC3(c4ccc(Cl)cc4)CC3)nc(OCC(F)(F)F)n2)cc1. The Bertz CT molecular complexity index is 1850. The van der Waals surface area contributed by atoms with E-state index in [0.717, 1.165) is 38.4 Å². The highest BCUT2D eigenvalue weighted by atomic mass is 35.5. The molecule has 0 radical (unpaired) electrons. The summed E-state index contributed by atoms with van der Waals surface area (Å²) in [4.78, 5) is 63.1. The molecule has 2 fully saturated rings. The van der Waals surface area contributed by atoms with Crippen molar-refractivity contribution in [1.29, 1.82) is 0 Å². The maximum atomic E-state index is 13.1. The predicted molar refractivity (Wildman–Crippen MR) is 197 cm³/mol. The molecule has 1 atom stereocenters. The number of carbonyl (C=O) groups excluding carboxylic acids is 4. The van der Waals surface area contributed by atoms with Crippen LogP contribution in [0.15, 0.2) is 48.5 Å². The summed E-state index contributed by atoms with van der Waals surface area (Å²) in [5.74, 6) is -2.95. The van der Waals surface area contributed by atoms with Gasteiger partial charge in [-0.15, -0.1) is 0 Å². The number of aromatic nitrogens is 3. The predicted octanol–water partition coefficient (Wildman–Crippen LogP) is 5.42. The molecule has 5 rings (SSSR count). The quantitative estimate of drug-likeness (QED) is 0.110. The number of anilines is 3. The number of hydrogen-bond donors (Lipinski definition) is 5. The van der Waals surface area contributed by atoms with Gasteiger partial charge < -0.3 is 36.1 Å². The van der Waals surface area contributed by atoms with Crippen LogP contribution < -0.4 is 31.3 Å². The molecule has 0 bridgehead atoms. The van der Waals surface area contributed by atoms with E-state index in [9.17, 15) is 32.3 Å². The minimum absolute atomic E-state index is 0.0280. The smallest absolute Gasteiger partial charge is 0.422 e. The highest BCUT2D eigenvalue weighted by Gasteiger charge is 2.45. The molecular weight excluding hydrogens is 745 g/mol. The number of benzene rings is 2. The summed E-state index contributed by atoms with van der Waals surface area (Å²) in [6.45, 7) is 4.54. The lowest BCUT2D eigenvalue weighted by molar-refractivity contribution is -0.154. The van der Waals surface area contributed by atoms with E-state index >= 15 is 0 Å². The number of halogens is 4. The maximum absolute atomic E-state index is 13.1. The number of ether oxygens (including phenoxy) is 2. The highest BCUT2D eigenvalue weighted by molar-refractivity contribution is 6.35. The topological polar surface area (TPSA) is 186 Å². The zero-order valence-electron chi connectivity index (χ0n) is 30.8. The van der Waals surface area contributed by atoms with E-state index in [0.29, 0.717) is 29.5 Å². The van der Waals surface area contributed by atoms with Gasteiger partial charge in [0.1, 0.15) is 6.04 Å². The molecule has 3 aromatic rings. The van der Waals surface area contributed by atoms with Crippen molar-refractivity contribution in [2.45, 2.75) is 83.1 Å². The Balaban J connectivity index is 1.19. The number of amides is 3. The molecular formula is C37H44ClF3N8O6. The first-order valence-corrected chi connectivity index (χ1v) is 18.2. The van der Waals surface area contributed by atoms with Crippen molar-refractivity contribution in [1.82, 2.24) is 30.9 Å². The number of nitrogens with one attached hydrogen (secondary N) is 5. The van der Waals surface area contributed by atoms with E-state index in [-0.39, 0.29) is 28.9 Å². The number of nitrogens with zero attached hydrogens (tertiary/aromatic N) is 3. The van der Waals surface area contributed by atoms with Crippen molar-refractivity contribution < 1.29 is 41.8 Å². The van der Waals surface area contributed by atoms with E-state index < -0.39 is 60.6 Å². The molecule has 2 aromatic carbocycles. The summed E-state index contributed by atoms with van der Waals surface area (Å²) >= 11 is 6.03. The lowest BCUT2D eigenvalue weighted by Crippen LogP contribution is -2.52. The molecule has 55 heavy (non-hydrogen) atoms. The van der Waals surface area contributed by atoms with Crippen LogP contribution in [0.25, 0.3) is 0 Å².